The van der Waals surface area contributed by atoms with Gasteiger partial charge in [-0.3, -0.25) is 4.99 Å². The molecule has 0 amide bonds. The first-order valence-electron chi connectivity index (χ1n) is 6.87. The Labute approximate surface area is 142 Å². The highest BCUT2D eigenvalue weighted by atomic mass is 79.9. The van der Waals surface area contributed by atoms with Gasteiger partial charge < -0.3 is 10.6 Å². The van der Waals surface area contributed by atoms with Gasteiger partial charge in [0, 0.05) is 36.4 Å². The smallest absolute Gasteiger partial charge is 0.191 e. The van der Waals surface area contributed by atoms with Gasteiger partial charge in [-0.05, 0) is 30.7 Å². The fourth-order valence-corrected chi connectivity index (χ4v) is 3.11. The molecule has 1 aromatic heterocycles. The summed E-state index contributed by atoms with van der Waals surface area (Å²) >= 11 is 4.94. The van der Waals surface area contributed by atoms with Crippen molar-refractivity contribution in [3.8, 4) is 0 Å². The maximum Gasteiger partial charge on any atom is 0.191 e. The van der Waals surface area contributed by atoms with Crippen LogP contribution in [0.25, 0.3) is 0 Å². The molecule has 2 N–H and O–H groups in total. The maximum atomic E-state index is 13.3. The second kappa shape index (κ2) is 8.24. The first-order valence-corrected chi connectivity index (χ1v) is 8.54. The number of halogens is 2. The number of benzene rings is 1. The van der Waals surface area contributed by atoms with Crippen LogP contribution in [0.3, 0.4) is 0 Å². The van der Waals surface area contributed by atoms with E-state index in [9.17, 15) is 4.39 Å². The van der Waals surface area contributed by atoms with Gasteiger partial charge in [-0.15, -0.1) is 11.3 Å². The quantitative estimate of drug-likeness (QED) is 0.614. The largest absolute Gasteiger partial charge is 0.356 e. The predicted molar refractivity (Wildman–Crippen MR) is 92.9 cm³/mol. The van der Waals surface area contributed by atoms with Crippen LogP contribution in [-0.2, 0) is 13.0 Å². The lowest BCUT2D eigenvalue weighted by molar-refractivity contribution is 0.623. The molecule has 0 saturated heterocycles. The highest BCUT2D eigenvalue weighted by Crippen LogP contribution is 2.14. The average Bonchev–Trinajstić information content (AvgIpc) is 2.87. The molecular formula is C15H18BrFN4S. The number of rotatable bonds is 5. The second-order valence-electron chi connectivity index (χ2n) is 4.74. The van der Waals surface area contributed by atoms with E-state index in [0.717, 1.165) is 33.7 Å². The Balaban J connectivity index is 1.79. The number of aryl methyl sites for hydroxylation is 1. The molecule has 4 nitrogen and oxygen atoms in total. The van der Waals surface area contributed by atoms with Gasteiger partial charge in [-0.25, -0.2) is 9.37 Å². The van der Waals surface area contributed by atoms with Crippen LogP contribution in [0.1, 0.15) is 16.3 Å². The number of aromatic nitrogens is 1. The summed E-state index contributed by atoms with van der Waals surface area (Å²) < 4.78 is 14.0. The standard InChI is InChI=1S/C15H18BrFN4S/c1-10-21-14(9-22-10)3-4-19-15(18-2)20-8-11-5-12(16)7-13(17)6-11/h5-7,9H,3-4,8H2,1-2H3,(H2,18,19,20). The molecule has 2 aromatic rings. The van der Waals surface area contributed by atoms with E-state index in [4.69, 9.17) is 0 Å². The normalized spacial score (nSPS) is 11.5. The van der Waals surface area contributed by atoms with Crippen LogP contribution in [0.4, 0.5) is 4.39 Å². The number of aliphatic imine (C=N–C) groups is 1. The van der Waals surface area contributed by atoms with Crippen LogP contribution in [0.2, 0.25) is 0 Å². The minimum atomic E-state index is -0.256. The van der Waals surface area contributed by atoms with Gasteiger partial charge in [0.15, 0.2) is 5.96 Å². The van der Waals surface area contributed by atoms with Crippen molar-refractivity contribution in [2.75, 3.05) is 13.6 Å². The SMILES string of the molecule is CN=C(NCCc1csc(C)n1)NCc1cc(F)cc(Br)c1. The zero-order chi connectivity index (χ0) is 15.9. The van der Waals surface area contributed by atoms with Crippen LogP contribution < -0.4 is 10.6 Å². The van der Waals surface area contributed by atoms with E-state index in [1.807, 2.05) is 13.0 Å². The summed E-state index contributed by atoms with van der Waals surface area (Å²) in [7, 11) is 1.71. The molecule has 0 fully saturated rings. The molecule has 0 aliphatic rings. The number of nitrogens with one attached hydrogen (secondary N) is 2. The van der Waals surface area contributed by atoms with Crippen LogP contribution in [0, 0.1) is 12.7 Å². The summed E-state index contributed by atoms with van der Waals surface area (Å²) in [6, 6.07) is 4.82. The number of hydrogen-bond acceptors (Lipinski definition) is 3. The van der Waals surface area contributed by atoms with Crippen molar-refractivity contribution in [1.29, 1.82) is 0 Å². The van der Waals surface area contributed by atoms with Crippen LogP contribution >= 0.6 is 27.3 Å². The Morgan fingerprint density at radius 3 is 2.82 bits per heavy atom. The van der Waals surface area contributed by atoms with Gasteiger partial charge in [0.05, 0.1) is 10.7 Å². The molecular weight excluding hydrogens is 367 g/mol. The maximum absolute atomic E-state index is 13.3. The minimum Gasteiger partial charge on any atom is -0.356 e. The highest BCUT2D eigenvalue weighted by molar-refractivity contribution is 9.10. The molecule has 0 spiro atoms. The van der Waals surface area contributed by atoms with E-state index in [1.165, 1.54) is 12.1 Å². The van der Waals surface area contributed by atoms with Gasteiger partial charge in [0.2, 0.25) is 0 Å². The predicted octanol–water partition coefficient (Wildman–Crippen LogP) is 3.26. The lowest BCUT2D eigenvalue weighted by Gasteiger charge is -2.11. The first-order chi connectivity index (χ1) is 10.6. The molecule has 0 bridgehead atoms. The zero-order valence-electron chi connectivity index (χ0n) is 12.5. The summed E-state index contributed by atoms with van der Waals surface area (Å²) in [5.74, 6) is 0.431. The molecule has 1 heterocycles. The third kappa shape index (κ3) is 5.38. The van der Waals surface area contributed by atoms with Crippen molar-refractivity contribution in [1.82, 2.24) is 15.6 Å². The lowest BCUT2D eigenvalue weighted by Crippen LogP contribution is -2.37. The molecule has 22 heavy (non-hydrogen) atoms. The molecule has 0 aliphatic heterocycles. The van der Waals surface area contributed by atoms with E-state index >= 15 is 0 Å². The minimum absolute atomic E-state index is 0.256. The number of thiazole rings is 1. The second-order valence-corrected chi connectivity index (χ2v) is 6.72. The number of hydrogen-bond donors (Lipinski definition) is 2. The summed E-state index contributed by atoms with van der Waals surface area (Å²) in [6.45, 7) is 3.25. The van der Waals surface area contributed by atoms with E-state index < -0.39 is 0 Å². The Morgan fingerprint density at radius 2 is 2.18 bits per heavy atom. The third-order valence-electron chi connectivity index (χ3n) is 2.95. The molecule has 7 heteroatoms. The van der Waals surface area contributed by atoms with E-state index in [2.05, 4.69) is 41.9 Å². The summed E-state index contributed by atoms with van der Waals surface area (Å²) in [5.41, 5.74) is 1.93. The van der Waals surface area contributed by atoms with Crippen molar-refractivity contribution in [2.24, 2.45) is 4.99 Å². The molecule has 0 atom stereocenters. The van der Waals surface area contributed by atoms with E-state index in [0.29, 0.717) is 12.5 Å². The fraction of sp³-hybridized carbons (Fsp3) is 0.333. The number of guanidine groups is 1. The van der Waals surface area contributed by atoms with Crippen molar-refractivity contribution in [3.63, 3.8) is 0 Å². The van der Waals surface area contributed by atoms with Gasteiger partial charge in [0.25, 0.3) is 0 Å². The van der Waals surface area contributed by atoms with Crippen LogP contribution in [-0.4, -0.2) is 24.5 Å². The number of nitrogens with zero attached hydrogens (tertiary/aromatic N) is 2. The fourth-order valence-electron chi connectivity index (χ4n) is 1.95. The van der Waals surface area contributed by atoms with E-state index in [1.54, 1.807) is 18.4 Å². The molecule has 1 aromatic carbocycles. The Morgan fingerprint density at radius 1 is 1.36 bits per heavy atom. The molecule has 118 valence electrons. The highest BCUT2D eigenvalue weighted by Gasteiger charge is 2.03. The van der Waals surface area contributed by atoms with Crippen molar-refractivity contribution < 1.29 is 4.39 Å². The summed E-state index contributed by atoms with van der Waals surface area (Å²) in [4.78, 5) is 8.57. The first kappa shape index (κ1) is 16.9. The monoisotopic (exact) mass is 384 g/mol. The zero-order valence-corrected chi connectivity index (χ0v) is 14.9. The van der Waals surface area contributed by atoms with E-state index in [-0.39, 0.29) is 5.82 Å². The van der Waals surface area contributed by atoms with Crippen LogP contribution in [0.15, 0.2) is 33.0 Å². The van der Waals surface area contributed by atoms with Crippen molar-refractivity contribution in [3.05, 3.63) is 50.1 Å². The average molecular weight is 385 g/mol. The third-order valence-corrected chi connectivity index (χ3v) is 4.23. The van der Waals surface area contributed by atoms with Crippen LogP contribution in [0.5, 0.6) is 0 Å². The molecule has 0 unspecified atom stereocenters. The molecule has 0 radical (unpaired) electrons. The Bertz CT molecular complexity index is 636. The van der Waals surface area contributed by atoms with Gasteiger partial charge >= 0.3 is 0 Å². The molecule has 2 rings (SSSR count). The van der Waals surface area contributed by atoms with Gasteiger partial charge in [-0.2, -0.15) is 0 Å². The molecule has 0 aliphatic carbocycles. The lowest BCUT2D eigenvalue weighted by atomic mass is 10.2. The molecule has 0 saturated carbocycles. The van der Waals surface area contributed by atoms with Crippen molar-refractivity contribution >= 4 is 33.2 Å². The summed E-state index contributed by atoms with van der Waals surface area (Å²) in [5, 5.41) is 9.53. The summed E-state index contributed by atoms with van der Waals surface area (Å²) in [6.07, 6.45) is 0.844. The van der Waals surface area contributed by atoms with Gasteiger partial charge in [-0.1, -0.05) is 15.9 Å². The van der Waals surface area contributed by atoms with Gasteiger partial charge in [0.1, 0.15) is 5.82 Å². The Kier molecular flexibility index (Phi) is 6.33. The van der Waals surface area contributed by atoms with Crippen molar-refractivity contribution in [2.45, 2.75) is 19.9 Å². The topological polar surface area (TPSA) is 49.3 Å². The Hall–Kier alpha value is -1.47.